The fourth-order valence-electron chi connectivity index (χ4n) is 3.58. The topological polar surface area (TPSA) is 62.7 Å². The standard InChI is InChI=1S/C22H24ClN5/c23-20-15-27-22(28-18-4-2-1-3-5-18)13-19(20)17-8-11-25-21(12-17)26-14-16-6-9-24-10-7-16/h6-13,15,18H,1-5,14H2,(H,25,26)(H,27,28). The highest BCUT2D eigenvalue weighted by Crippen LogP contribution is 2.31. The average molecular weight is 394 g/mol. The van der Waals surface area contributed by atoms with Crippen LogP contribution in [0, 0.1) is 0 Å². The molecule has 1 fully saturated rings. The van der Waals surface area contributed by atoms with Gasteiger partial charge in [0.05, 0.1) is 5.02 Å². The maximum Gasteiger partial charge on any atom is 0.126 e. The Labute approximate surface area is 170 Å². The maximum atomic E-state index is 6.46. The number of nitrogens with one attached hydrogen (secondary N) is 2. The molecular weight excluding hydrogens is 370 g/mol. The van der Waals surface area contributed by atoms with Gasteiger partial charge in [-0.1, -0.05) is 30.9 Å². The maximum absolute atomic E-state index is 6.46. The van der Waals surface area contributed by atoms with Crippen LogP contribution in [-0.2, 0) is 6.54 Å². The Morgan fingerprint density at radius 3 is 2.57 bits per heavy atom. The molecule has 144 valence electrons. The van der Waals surface area contributed by atoms with Crippen molar-refractivity contribution in [3.05, 3.63) is 65.7 Å². The van der Waals surface area contributed by atoms with Crippen LogP contribution in [0.25, 0.3) is 11.1 Å². The zero-order chi connectivity index (χ0) is 19.2. The minimum atomic E-state index is 0.505. The van der Waals surface area contributed by atoms with Crippen LogP contribution in [0.4, 0.5) is 11.6 Å². The van der Waals surface area contributed by atoms with E-state index in [1.807, 2.05) is 30.3 Å². The summed E-state index contributed by atoms with van der Waals surface area (Å²) in [5.41, 5.74) is 3.14. The van der Waals surface area contributed by atoms with Crippen LogP contribution in [0.15, 0.2) is 55.1 Å². The quantitative estimate of drug-likeness (QED) is 0.575. The number of nitrogens with zero attached hydrogens (tertiary/aromatic N) is 3. The van der Waals surface area contributed by atoms with Crippen molar-refractivity contribution < 1.29 is 0 Å². The van der Waals surface area contributed by atoms with Gasteiger partial charge in [0.2, 0.25) is 0 Å². The molecule has 1 aliphatic carbocycles. The fraction of sp³-hybridized carbons (Fsp3) is 0.318. The van der Waals surface area contributed by atoms with Crippen molar-refractivity contribution in [1.29, 1.82) is 0 Å². The van der Waals surface area contributed by atoms with Crippen molar-refractivity contribution in [3.63, 3.8) is 0 Å². The Morgan fingerprint density at radius 2 is 1.75 bits per heavy atom. The largest absolute Gasteiger partial charge is 0.367 e. The van der Waals surface area contributed by atoms with Gasteiger partial charge in [-0.25, -0.2) is 9.97 Å². The van der Waals surface area contributed by atoms with Gasteiger partial charge in [0.15, 0.2) is 0 Å². The number of hydrogen-bond acceptors (Lipinski definition) is 5. The summed E-state index contributed by atoms with van der Waals surface area (Å²) in [7, 11) is 0. The average Bonchev–Trinajstić information content (AvgIpc) is 2.75. The Bertz CT molecular complexity index is 910. The molecule has 0 amide bonds. The molecule has 0 aromatic carbocycles. The van der Waals surface area contributed by atoms with E-state index in [1.54, 1.807) is 24.8 Å². The zero-order valence-electron chi connectivity index (χ0n) is 15.7. The van der Waals surface area contributed by atoms with Gasteiger partial charge in [0.1, 0.15) is 11.6 Å². The molecule has 6 heteroatoms. The van der Waals surface area contributed by atoms with Crippen molar-refractivity contribution in [3.8, 4) is 11.1 Å². The predicted octanol–water partition coefficient (Wildman–Crippen LogP) is 5.55. The predicted molar refractivity (Wildman–Crippen MR) is 115 cm³/mol. The van der Waals surface area contributed by atoms with Crippen LogP contribution in [0.1, 0.15) is 37.7 Å². The van der Waals surface area contributed by atoms with E-state index in [0.717, 1.165) is 28.3 Å². The first-order valence-corrected chi connectivity index (χ1v) is 10.2. The van der Waals surface area contributed by atoms with Crippen LogP contribution in [-0.4, -0.2) is 21.0 Å². The summed E-state index contributed by atoms with van der Waals surface area (Å²) >= 11 is 6.46. The molecule has 3 aromatic heterocycles. The van der Waals surface area contributed by atoms with Crippen LogP contribution in [0.5, 0.6) is 0 Å². The molecule has 0 bridgehead atoms. The number of halogens is 1. The van der Waals surface area contributed by atoms with Crippen LogP contribution in [0.3, 0.4) is 0 Å². The molecule has 3 aromatic rings. The van der Waals surface area contributed by atoms with E-state index >= 15 is 0 Å². The molecule has 4 rings (SSSR count). The lowest BCUT2D eigenvalue weighted by Gasteiger charge is -2.23. The number of anilines is 2. The number of aromatic nitrogens is 3. The molecular formula is C22H24ClN5. The molecule has 2 N–H and O–H groups in total. The van der Waals surface area contributed by atoms with E-state index in [-0.39, 0.29) is 0 Å². The first-order valence-electron chi connectivity index (χ1n) is 9.79. The third kappa shape index (κ3) is 4.78. The van der Waals surface area contributed by atoms with Gasteiger partial charge in [0.25, 0.3) is 0 Å². The zero-order valence-corrected chi connectivity index (χ0v) is 16.5. The molecule has 3 heterocycles. The third-order valence-electron chi connectivity index (χ3n) is 5.11. The van der Waals surface area contributed by atoms with E-state index < -0.39 is 0 Å². The molecule has 5 nitrogen and oxygen atoms in total. The van der Waals surface area contributed by atoms with E-state index in [2.05, 4.69) is 25.6 Å². The van der Waals surface area contributed by atoms with Crippen LogP contribution in [0.2, 0.25) is 5.02 Å². The van der Waals surface area contributed by atoms with E-state index in [1.165, 1.54) is 32.1 Å². The molecule has 0 atom stereocenters. The number of hydrogen-bond donors (Lipinski definition) is 2. The van der Waals surface area contributed by atoms with Gasteiger partial charge in [-0.2, -0.15) is 0 Å². The lowest BCUT2D eigenvalue weighted by Crippen LogP contribution is -2.22. The van der Waals surface area contributed by atoms with Gasteiger partial charge < -0.3 is 10.6 Å². The Kier molecular flexibility index (Phi) is 6.02. The molecule has 0 unspecified atom stereocenters. The summed E-state index contributed by atoms with van der Waals surface area (Å²) in [5, 5.41) is 7.57. The first kappa shape index (κ1) is 18.7. The Hall–Kier alpha value is -2.66. The molecule has 1 saturated carbocycles. The lowest BCUT2D eigenvalue weighted by molar-refractivity contribution is 0.462. The van der Waals surface area contributed by atoms with Crippen LogP contribution >= 0.6 is 11.6 Å². The highest BCUT2D eigenvalue weighted by atomic mass is 35.5. The summed E-state index contributed by atoms with van der Waals surface area (Å²) < 4.78 is 0. The minimum absolute atomic E-state index is 0.505. The molecule has 1 aliphatic rings. The van der Waals surface area contributed by atoms with Gasteiger partial charge in [0, 0.05) is 42.9 Å². The van der Waals surface area contributed by atoms with E-state index in [9.17, 15) is 0 Å². The molecule has 0 saturated heterocycles. The summed E-state index contributed by atoms with van der Waals surface area (Å²) in [5.74, 6) is 1.69. The van der Waals surface area contributed by atoms with Gasteiger partial charge in [-0.3, -0.25) is 4.98 Å². The van der Waals surface area contributed by atoms with Crippen molar-refractivity contribution in [1.82, 2.24) is 15.0 Å². The van der Waals surface area contributed by atoms with Gasteiger partial charge >= 0.3 is 0 Å². The van der Waals surface area contributed by atoms with Crippen molar-refractivity contribution in [2.75, 3.05) is 10.6 Å². The van der Waals surface area contributed by atoms with Crippen molar-refractivity contribution in [2.24, 2.45) is 0 Å². The summed E-state index contributed by atoms with van der Waals surface area (Å²) in [6.45, 7) is 0.692. The smallest absolute Gasteiger partial charge is 0.126 e. The van der Waals surface area contributed by atoms with Crippen molar-refractivity contribution >= 4 is 23.2 Å². The Morgan fingerprint density at radius 1 is 0.929 bits per heavy atom. The Balaban J connectivity index is 1.50. The molecule has 0 spiro atoms. The van der Waals surface area contributed by atoms with Gasteiger partial charge in [-0.05, 0) is 54.3 Å². The second-order valence-corrected chi connectivity index (χ2v) is 7.57. The highest BCUT2D eigenvalue weighted by Gasteiger charge is 2.15. The number of pyridine rings is 3. The second-order valence-electron chi connectivity index (χ2n) is 7.17. The fourth-order valence-corrected chi connectivity index (χ4v) is 3.80. The third-order valence-corrected chi connectivity index (χ3v) is 5.41. The second kappa shape index (κ2) is 9.02. The molecule has 28 heavy (non-hydrogen) atoms. The van der Waals surface area contributed by atoms with Gasteiger partial charge in [-0.15, -0.1) is 0 Å². The lowest BCUT2D eigenvalue weighted by atomic mass is 9.95. The normalized spacial score (nSPS) is 14.6. The summed E-state index contributed by atoms with van der Waals surface area (Å²) in [6, 6.07) is 10.5. The first-order chi connectivity index (χ1) is 13.8. The summed E-state index contributed by atoms with van der Waals surface area (Å²) in [4.78, 5) is 12.9. The van der Waals surface area contributed by atoms with Crippen molar-refractivity contribution in [2.45, 2.75) is 44.7 Å². The molecule has 0 aliphatic heterocycles. The number of rotatable bonds is 6. The summed E-state index contributed by atoms with van der Waals surface area (Å²) in [6.07, 6.45) is 13.4. The SMILES string of the molecule is Clc1cnc(NC2CCCCC2)cc1-c1ccnc(NCc2ccncc2)c1. The van der Waals surface area contributed by atoms with Crippen LogP contribution < -0.4 is 10.6 Å². The van der Waals surface area contributed by atoms with E-state index in [4.69, 9.17) is 11.6 Å². The van der Waals surface area contributed by atoms with E-state index in [0.29, 0.717) is 17.6 Å². The monoisotopic (exact) mass is 393 g/mol. The minimum Gasteiger partial charge on any atom is -0.367 e. The molecule has 0 radical (unpaired) electrons. The highest BCUT2D eigenvalue weighted by molar-refractivity contribution is 6.33.